The van der Waals surface area contributed by atoms with Gasteiger partial charge >= 0.3 is 0 Å². The van der Waals surface area contributed by atoms with Crippen LogP contribution in [0.3, 0.4) is 0 Å². The first kappa shape index (κ1) is 12.9. The molecule has 3 nitrogen and oxygen atoms in total. The Balaban J connectivity index is 3.44. The number of nitrogens with two attached hydrogens (primary N) is 1. The quantitative estimate of drug-likeness (QED) is 0.593. The zero-order chi connectivity index (χ0) is 10.1. The van der Waals surface area contributed by atoms with Crippen LogP contribution in [-0.4, -0.2) is 42.3 Å². The van der Waals surface area contributed by atoms with Gasteiger partial charge in [0.15, 0.2) is 0 Å². The van der Waals surface area contributed by atoms with Crippen LogP contribution in [-0.2, 0) is 0 Å². The summed E-state index contributed by atoms with van der Waals surface area (Å²) in [6.45, 7) is 7.41. The number of nitrogens with zero attached hydrogens (tertiary/aromatic N) is 1. The molecule has 1 atom stereocenters. The average Bonchev–Trinajstić information content (AvgIpc) is 2.04. The molecule has 0 aromatic carbocycles. The van der Waals surface area contributed by atoms with Gasteiger partial charge in [0.25, 0.3) is 0 Å². The molecule has 0 spiro atoms. The van der Waals surface area contributed by atoms with Crippen LogP contribution in [0.4, 0.5) is 0 Å². The minimum Gasteiger partial charge on any atom is -0.395 e. The maximum atomic E-state index is 8.81. The highest BCUT2D eigenvalue weighted by Crippen LogP contribution is 1.98. The lowest BCUT2D eigenvalue weighted by molar-refractivity contribution is 0.193. The number of aliphatic hydroxyl groups is 1. The lowest BCUT2D eigenvalue weighted by Crippen LogP contribution is -2.29. The Labute approximate surface area is 81.9 Å². The molecule has 3 heteroatoms. The van der Waals surface area contributed by atoms with E-state index in [1.165, 1.54) is 0 Å². The van der Waals surface area contributed by atoms with Gasteiger partial charge in [0.05, 0.1) is 6.61 Å². The fraction of sp³-hybridized carbons (Fsp3) is 1.00. The van der Waals surface area contributed by atoms with Crippen LogP contribution >= 0.6 is 0 Å². The molecule has 3 N–H and O–H groups in total. The van der Waals surface area contributed by atoms with Gasteiger partial charge in [0.1, 0.15) is 0 Å². The molecule has 0 bridgehead atoms. The predicted octanol–water partition coefficient (Wildman–Crippen LogP) is 0.818. The summed E-state index contributed by atoms with van der Waals surface area (Å²) >= 11 is 0. The van der Waals surface area contributed by atoms with Gasteiger partial charge in [-0.1, -0.05) is 6.92 Å². The van der Waals surface area contributed by atoms with Gasteiger partial charge in [-0.25, -0.2) is 0 Å². The molecule has 0 aliphatic carbocycles. The van der Waals surface area contributed by atoms with Gasteiger partial charge in [-0.05, 0) is 39.3 Å². The van der Waals surface area contributed by atoms with Crippen molar-refractivity contribution in [1.29, 1.82) is 0 Å². The molecule has 0 saturated carbocycles. The van der Waals surface area contributed by atoms with Crippen LogP contribution in [0.2, 0.25) is 0 Å². The van der Waals surface area contributed by atoms with E-state index in [9.17, 15) is 0 Å². The topological polar surface area (TPSA) is 49.5 Å². The molecule has 0 aliphatic rings. The van der Waals surface area contributed by atoms with Crippen LogP contribution in [0.5, 0.6) is 0 Å². The molecule has 0 heterocycles. The van der Waals surface area contributed by atoms with E-state index in [4.69, 9.17) is 10.8 Å². The minimum absolute atomic E-state index is 0.262. The maximum Gasteiger partial charge on any atom is 0.0558 e. The molecule has 0 aromatic heterocycles. The molecule has 0 unspecified atom stereocenters. The van der Waals surface area contributed by atoms with Crippen molar-refractivity contribution in [2.75, 3.05) is 26.2 Å². The summed E-state index contributed by atoms with van der Waals surface area (Å²) in [4.78, 5) is 2.29. The smallest absolute Gasteiger partial charge is 0.0558 e. The van der Waals surface area contributed by atoms with Gasteiger partial charge in [0.2, 0.25) is 0 Å². The summed E-state index contributed by atoms with van der Waals surface area (Å²) < 4.78 is 0. The molecule has 0 aromatic rings. The zero-order valence-electron chi connectivity index (χ0n) is 9.00. The Hall–Kier alpha value is -0.120. The van der Waals surface area contributed by atoms with Crippen molar-refractivity contribution in [2.24, 2.45) is 5.73 Å². The van der Waals surface area contributed by atoms with E-state index in [0.29, 0.717) is 6.04 Å². The second-order valence-electron chi connectivity index (χ2n) is 3.68. The SMILES string of the molecule is CCCN(CCO)CCC[C@@H](C)N. The van der Waals surface area contributed by atoms with E-state index < -0.39 is 0 Å². The molecule has 0 aliphatic heterocycles. The third-order valence-electron chi connectivity index (χ3n) is 2.09. The Kier molecular flexibility index (Phi) is 8.40. The zero-order valence-corrected chi connectivity index (χ0v) is 9.00. The van der Waals surface area contributed by atoms with Crippen LogP contribution in [0.25, 0.3) is 0 Å². The molecule has 80 valence electrons. The monoisotopic (exact) mass is 188 g/mol. The molecule has 0 radical (unpaired) electrons. The summed E-state index contributed by atoms with van der Waals surface area (Å²) in [6.07, 6.45) is 3.36. The van der Waals surface area contributed by atoms with E-state index >= 15 is 0 Å². The van der Waals surface area contributed by atoms with Gasteiger partial charge in [-0.15, -0.1) is 0 Å². The number of aliphatic hydroxyl groups excluding tert-OH is 1. The van der Waals surface area contributed by atoms with Crippen LogP contribution in [0, 0.1) is 0 Å². The van der Waals surface area contributed by atoms with Crippen molar-refractivity contribution in [1.82, 2.24) is 4.90 Å². The molecular formula is C10H24N2O. The van der Waals surface area contributed by atoms with Crippen LogP contribution < -0.4 is 5.73 Å². The predicted molar refractivity (Wildman–Crippen MR) is 56.7 cm³/mol. The van der Waals surface area contributed by atoms with E-state index in [2.05, 4.69) is 11.8 Å². The third kappa shape index (κ3) is 8.22. The first-order valence-electron chi connectivity index (χ1n) is 5.29. The summed E-state index contributed by atoms with van der Waals surface area (Å²) in [5, 5.41) is 8.81. The van der Waals surface area contributed by atoms with E-state index in [-0.39, 0.29) is 6.61 Å². The molecule has 13 heavy (non-hydrogen) atoms. The number of rotatable bonds is 8. The third-order valence-corrected chi connectivity index (χ3v) is 2.09. The molecular weight excluding hydrogens is 164 g/mol. The van der Waals surface area contributed by atoms with Crippen LogP contribution in [0.1, 0.15) is 33.1 Å². The van der Waals surface area contributed by atoms with Gasteiger partial charge in [-0.2, -0.15) is 0 Å². The average molecular weight is 188 g/mol. The summed E-state index contributed by atoms with van der Waals surface area (Å²) in [5.74, 6) is 0. The van der Waals surface area contributed by atoms with Crippen molar-refractivity contribution < 1.29 is 5.11 Å². The standard InChI is InChI=1S/C10H24N2O/c1-3-6-12(8-9-13)7-4-5-10(2)11/h10,13H,3-9,11H2,1-2H3/t10-/m1/s1. The summed E-state index contributed by atoms with van der Waals surface area (Å²) in [6, 6.07) is 0.303. The minimum atomic E-state index is 0.262. The van der Waals surface area contributed by atoms with Crippen molar-refractivity contribution in [3.05, 3.63) is 0 Å². The highest BCUT2D eigenvalue weighted by molar-refractivity contribution is 4.59. The van der Waals surface area contributed by atoms with Crippen molar-refractivity contribution in [3.63, 3.8) is 0 Å². The maximum absolute atomic E-state index is 8.81. The largest absolute Gasteiger partial charge is 0.395 e. The molecule has 0 saturated heterocycles. The Morgan fingerprint density at radius 2 is 2.00 bits per heavy atom. The fourth-order valence-corrected chi connectivity index (χ4v) is 1.43. The molecule has 0 fully saturated rings. The van der Waals surface area contributed by atoms with Gasteiger partial charge in [-0.3, -0.25) is 0 Å². The summed E-state index contributed by atoms with van der Waals surface area (Å²) in [5.41, 5.74) is 5.66. The fourth-order valence-electron chi connectivity index (χ4n) is 1.43. The lowest BCUT2D eigenvalue weighted by Gasteiger charge is -2.20. The number of hydrogen-bond donors (Lipinski definition) is 2. The Morgan fingerprint density at radius 3 is 2.46 bits per heavy atom. The second-order valence-corrected chi connectivity index (χ2v) is 3.68. The molecule has 0 rings (SSSR count). The highest BCUT2D eigenvalue weighted by atomic mass is 16.3. The first-order chi connectivity index (χ1) is 6.20. The van der Waals surface area contributed by atoms with Crippen molar-refractivity contribution in [2.45, 2.75) is 39.2 Å². The van der Waals surface area contributed by atoms with E-state index in [1.807, 2.05) is 6.92 Å². The van der Waals surface area contributed by atoms with Crippen molar-refractivity contribution >= 4 is 0 Å². The normalized spacial score (nSPS) is 13.6. The van der Waals surface area contributed by atoms with E-state index in [0.717, 1.165) is 38.9 Å². The molecule has 0 amide bonds. The van der Waals surface area contributed by atoms with Crippen LogP contribution in [0.15, 0.2) is 0 Å². The Bertz CT molecular complexity index is 101. The second kappa shape index (κ2) is 8.48. The number of hydrogen-bond acceptors (Lipinski definition) is 3. The van der Waals surface area contributed by atoms with Crippen molar-refractivity contribution in [3.8, 4) is 0 Å². The highest BCUT2D eigenvalue weighted by Gasteiger charge is 2.02. The van der Waals surface area contributed by atoms with E-state index in [1.54, 1.807) is 0 Å². The summed E-state index contributed by atoms with van der Waals surface area (Å²) in [7, 11) is 0. The Morgan fingerprint density at radius 1 is 1.31 bits per heavy atom. The van der Waals surface area contributed by atoms with Gasteiger partial charge in [0, 0.05) is 12.6 Å². The van der Waals surface area contributed by atoms with Gasteiger partial charge < -0.3 is 15.7 Å². The first-order valence-corrected chi connectivity index (χ1v) is 5.29. The lowest BCUT2D eigenvalue weighted by atomic mass is 10.2.